The second kappa shape index (κ2) is 5.77. The highest BCUT2D eigenvalue weighted by molar-refractivity contribution is 7.86. The summed E-state index contributed by atoms with van der Waals surface area (Å²) in [5.74, 6) is -2.76. The molecule has 1 aromatic carbocycles. The molecule has 0 radical (unpaired) electrons. The van der Waals surface area contributed by atoms with Crippen LogP contribution in [0.15, 0.2) is 23.1 Å². The van der Waals surface area contributed by atoms with E-state index >= 15 is 0 Å². The van der Waals surface area contributed by atoms with Crippen LogP contribution in [0.5, 0.6) is 0 Å². The molecule has 0 aromatic heterocycles. The summed E-state index contributed by atoms with van der Waals surface area (Å²) in [7, 11) is -1.79. The van der Waals surface area contributed by atoms with Gasteiger partial charge in [0.05, 0.1) is 10.8 Å². The summed E-state index contributed by atoms with van der Waals surface area (Å²) in [6.07, 6.45) is 0. The molecule has 0 amide bonds. The van der Waals surface area contributed by atoms with Crippen molar-refractivity contribution >= 4 is 16.8 Å². The molecule has 2 unspecified atom stereocenters. The third-order valence-electron chi connectivity index (χ3n) is 2.18. The lowest BCUT2D eigenvalue weighted by molar-refractivity contribution is -0.153. The van der Waals surface area contributed by atoms with Crippen molar-refractivity contribution in [2.45, 2.75) is 43.4 Å². The van der Waals surface area contributed by atoms with Gasteiger partial charge in [0, 0.05) is 4.90 Å². The zero-order valence-corrected chi connectivity index (χ0v) is 12.0. The predicted octanol–water partition coefficient (Wildman–Crippen LogP) is 2.80. The summed E-state index contributed by atoms with van der Waals surface area (Å²) in [5.41, 5.74) is -0.691. The summed E-state index contributed by atoms with van der Waals surface area (Å²) in [6.45, 7) is 6.50. The molecule has 0 aliphatic rings. The van der Waals surface area contributed by atoms with Crippen LogP contribution >= 0.6 is 0 Å². The van der Waals surface area contributed by atoms with Crippen LogP contribution < -0.4 is 0 Å². The molecular weight excluding hydrogens is 274 g/mol. The van der Waals surface area contributed by atoms with Crippen LogP contribution in [0.2, 0.25) is 0 Å². The minimum atomic E-state index is -1.79. The molecule has 1 aromatic rings. The van der Waals surface area contributed by atoms with Crippen LogP contribution in [0.4, 0.5) is 8.78 Å². The molecule has 0 aliphatic heterocycles. The van der Waals surface area contributed by atoms with Gasteiger partial charge in [0.25, 0.3) is 0 Å². The number of halogens is 2. The third kappa shape index (κ3) is 4.38. The van der Waals surface area contributed by atoms with Gasteiger partial charge >= 0.3 is 5.97 Å². The minimum Gasteiger partial charge on any atom is -0.459 e. The number of benzene rings is 1. The zero-order valence-electron chi connectivity index (χ0n) is 11.2. The molecule has 0 spiro atoms. The van der Waals surface area contributed by atoms with Crippen molar-refractivity contribution in [2.75, 3.05) is 0 Å². The van der Waals surface area contributed by atoms with E-state index in [1.807, 2.05) is 0 Å². The SMILES string of the molecule is CC(C(=O)OC(C)(C)C)S(=O)c1ccc(F)c(F)c1. The second-order valence-electron chi connectivity index (χ2n) is 5.05. The molecule has 0 saturated carbocycles. The molecule has 6 heteroatoms. The van der Waals surface area contributed by atoms with Gasteiger partial charge in [-0.25, -0.2) is 8.78 Å². The highest BCUT2D eigenvalue weighted by Crippen LogP contribution is 2.18. The van der Waals surface area contributed by atoms with Crippen molar-refractivity contribution in [2.24, 2.45) is 0 Å². The number of carbonyl (C=O) groups excluding carboxylic acids is 1. The van der Waals surface area contributed by atoms with E-state index in [1.165, 1.54) is 13.0 Å². The van der Waals surface area contributed by atoms with E-state index in [1.54, 1.807) is 20.8 Å². The van der Waals surface area contributed by atoms with Crippen LogP contribution in [0.1, 0.15) is 27.7 Å². The number of hydrogen-bond acceptors (Lipinski definition) is 3. The number of hydrogen-bond donors (Lipinski definition) is 0. The van der Waals surface area contributed by atoms with E-state index in [2.05, 4.69) is 0 Å². The fourth-order valence-corrected chi connectivity index (χ4v) is 2.33. The Hall–Kier alpha value is -1.30. The monoisotopic (exact) mass is 290 g/mol. The lowest BCUT2D eigenvalue weighted by atomic mass is 10.2. The molecule has 106 valence electrons. The van der Waals surface area contributed by atoms with Gasteiger partial charge in [0.15, 0.2) is 11.6 Å². The standard InChI is InChI=1S/C13H16F2O3S/c1-8(12(16)18-13(2,3)4)19(17)9-5-6-10(14)11(15)7-9/h5-8H,1-4H3. The molecule has 1 rings (SSSR count). The molecule has 19 heavy (non-hydrogen) atoms. The van der Waals surface area contributed by atoms with Gasteiger partial charge < -0.3 is 4.74 Å². The molecule has 3 nitrogen and oxygen atoms in total. The Labute approximate surface area is 113 Å². The van der Waals surface area contributed by atoms with E-state index < -0.39 is 39.3 Å². The average molecular weight is 290 g/mol. The van der Waals surface area contributed by atoms with Crippen LogP contribution in [-0.4, -0.2) is 21.0 Å². The molecule has 0 aliphatic carbocycles. The molecule has 0 saturated heterocycles. The van der Waals surface area contributed by atoms with Gasteiger partial charge in [-0.05, 0) is 45.9 Å². The first kappa shape index (κ1) is 15.8. The Morgan fingerprint density at radius 3 is 2.32 bits per heavy atom. The summed E-state index contributed by atoms with van der Waals surface area (Å²) < 4.78 is 43.0. The predicted molar refractivity (Wildman–Crippen MR) is 68.1 cm³/mol. The van der Waals surface area contributed by atoms with Crippen molar-refractivity contribution < 1.29 is 22.5 Å². The topological polar surface area (TPSA) is 43.4 Å². The van der Waals surface area contributed by atoms with Gasteiger partial charge in [0.1, 0.15) is 10.9 Å². The molecule has 2 atom stereocenters. The Morgan fingerprint density at radius 1 is 1.26 bits per heavy atom. The van der Waals surface area contributed by atoms with Crippen LogP contribution in [0.3, 0.4) is 0 Å². The van der Waals surface area contributed by atoms with Crippen LogP contribution in [0, 0.1) is 11.6 Å². The van der Waals surface area contributed by atoms with Crippen LogP contribution in [-0.2, 0) is 20.3 Å². The first-order chi connectivity index (χ1) is 8.61. The van der Waals surface area contributed by atoms with Gasteiger partial charge in [-0.3, -0.25) is 9.00 Å². The fraction of sp³-hybridized carbons (Fsp3) is 0.462. The van der Waals surface area contributed by atoms with Crippen molar-refractivity contribution in [3.05, 3.63) is 29.8 Å². The number of carbonyl (C=O) groups is 1. The van der Waals surface area contributed by atoms with Gasteiger partial charge in [-0.2, -0.15) is 0 Å². The Morgan fingerprint density at radius 2 is 1.84 bits per heavy atom. The summed E-state index contributed by atoms with van der Waals surface area (Å²) in [6, 6.07) is 2.89. The van der Waals surface area contributed by atoms with Crippen molar-refractivity contribution in [3.63, 3.8) is 0 Å². The van der Waals surface area contributed by atoms with E-state index in [4.69, 9.17) is 4.74 Å². The highest BCUT2D eigenvalue weighted by Gasteiger charge is 2.27. The quantitative estimate of drug-likeness (QED) is 0.804. The first-order valence-electron chi connectivity index (χ1n) is 5.70. The summed E-state index contributed by atoms with van der Waals surface area (Å²) in [4.78, 5) is 11.8. The lowest BCUT2D eigenvalue weighted by Gasteiger charge is -2.22. The lowest BCUT2D eigenvalue weighted by Crippen LogP contribution is -2.32. The number of esters is 1. The molecule has 0 N–H and O–H groups in total. The number of rotatable bonds is 3. The zero-order chi connectivity index (χ0) is 14.8. The highest BCUT2D eigenvalue weighted by atomic mass is 32.2. The summed E-state index contributed by atoms with van der Waals surface area (Å²) >= 11 is 0. The van der Waals surface area contributed by atoms with E-state index in [9.17, 15) is 17.8 Å². The maximum Gasteiger partial charge on any atom is 0.322 e. The maximum atomic E-state index is 13.0. The Bertz CT molecular complexity index is 509. The average Bonchev–Trinajstić information content (AvgIpc) is 2.28. The van der Waals surface area contributed by atoms with Crippen LogP contribution in [0.25, 0.3) is 0 Å². The van der Waals surface area contributed by atoms with E-state index in [0.717, 1.165) is 12.1 Å². The van der Waals surface area contributed by atoms with Crippen molar-refractivity contribution in [1.29, 1.82) is 0 Å². The fourth-order valence-electron chi connectivity index (χ4n) is 1.28. The van der Waals surface area contributed by atoms with Crippen molar-refractivity contribution in [1.82, 2.24) is 0 Å². The Balaban J connectivity index is 2.87. The number of ether oxygens (including phenoxy) is 1. The molecule has 0 bridgehead atoms. The third-order valence-corrected chi connectivity index (χ3v) is 3.74. The van der Waals surface area contributed by atoms with E-state index in [-0.39, 0.29) is 4.90 Å². The van der Waals surface area contributed by atoms with Gasteiger partial charge in [-0.15, -0.1) is 0 Å². The van der Waals surface area contributed by atoms with E-state index in [0.29, 0.717) is 0 Å². The normalized spacial score (nSPS) is 14.8. The minimum absolute atomic E-state index is 0.0530. The maximum absolute atomic E-state index is 13.0. The molecule has 0 fully saturated rings. The van der Waals surface area contributed by atoms with Gasteiger partial charge in [-0.1, -0.05) is 0 Å². The largest absolute Gasteiger partial charge is 0.459 e. The Kier molecular flexibility index (Phi) is 4.79. The summed E-state index contributed by atoms with van der Waals surface area (Å²) in [5, 5.41) is -0.955. The smallest absolute Gasteiger partial charge is 0.322 e. The molecule has 0 heterocycles. The molecular formula is C13H16F2O3S. The van der Waals surface area contributed by atoms with Crippen molar-refractivity contribution in [3.8, 4) is 0 Å². The first-order valence-corrected chi connectivity index (χ1v) is 6.91. The van der Waals surface area contributed by atoms with Gasteiger partial charge in [0.2, 0.25) is 0 Å². The second-order valence-corrected chi connectivity index (χ2v) is 6.82.